The van der Waals surface area contributed by atoms with Gasteiger partial charge in [0.05, 0.1) is 0 Å². The van der Waals surface area contributed by atoms with Crippen molar-refractivity contribution in [1.29, 1.82) is 0 Å². The van der Waals surface area contributed by atoms with Crippen LogP contribution in [0.15, 0.2) is 0 Å². The Morgan fingerprint density at radius 3 is 2.59 bits per heavy atom. The van der Waals surface area contributed by atoms with Crippen LogP contribution in [0, 0.1) is 5.41 Å². The van der Waals surface area contributed by atoms with Gasteiger partial charge < -0.3 is 10.6 Å². The first-order valence-electron chi connectivity index (χ1n) is 7.09. The summed E-state index contributed by atoms with van der Waals surface area (Å²) in [6, 6.07) is 1.18. The summed E-state index contributed by atoms with van der Waals surface area (Å²) in [6.07, 6.45) is 8.72. The van der Waals surface area contributed by atoms with Crippen molar-refractivity contribution < 1.29 is 4.79 Å². The molecule has 0 radical (unpaired) electrons. The molecule has 1 saturated heterocycles. The topological polar surface area (TPSA) is 41.1 Å². The van der Waals surface area contributed by atoms with Crippen LogP contribution in [0.2, 0.25) is 0 Å². The molecule has 3 nitrogen and oxygen atoms in total. The minimum atomic E-state index is -0.0856. The Morgan fingerprint density at radius 2 is 1.94 bits per heavy atom. The van der Waals surface area contributed by atoms with Crippen LogP contribution in [-0.4, -0.2) is 23.5 Å². The molecule has 1 heterocycles. The van der Waals surface area contributed by atoms with Crippen LogP contribution < -0.4 is 10.6 Å². The second-order valence-corrected chi connectivity index (χ2v) is 6.85. The van der Waals surface area contributed by atoms with Gasteiger partial charge in [-0.05, 0) is 44.9 Å². The van der Waals surface area contributed by atoms with Gasteiger partial charge in [0, 0.05) is 24.0 Å². The molecule has 2 saturated carbocycles. The fourth-order valence-corrected chi connectivity index (χ4v) is 3.89. The van der Waals surface area contributed by atoms with Gasteiger partial charge in [-0.15, -0.1) is 0 Å². The van der Waals surface area contributed by atoms with Gasteiger partial charge in [0.2, 0.25) is 5.91 Å². The number of carbonyl (C=O) groups is 1. The SMILES string of the molecule is CC1(C)NC(=O)CCC1NC1CC12CCCC2. The monoisotopic (exact) mass is 236 g/mol. The van der Waals surface area contributed by atoms with E-state index >= 15 is 0 Å². The van der Waals surface area contributed by atoms with Crippen molar-refractivity contribution in [2.24, 2.45) is 5.41 Å². The molecule has 2 N–H and O–H groups in total. The largest absolute Gasteiger partial charge is 0.350 e. The third-order valence-electron chi connectivity index (χ3n) is 5.18. The highest BCUT2D eigenvalue weighted by atomic mass is 16.1. The van der Waals surface area contributed by atoms with Crippen molar-refractivity contribution >= 4 is 5.91 Å². The summed E-state index contributed by atoms with van der Waals surface area (Å²) >= 11 is 0. The van der Waals surface area contributed by atoms with E-state index in [-0.39, 0.29) is 11.4 Å². The van der Waals surface area contributed by atoms with Crippen LogP contribution in [0.4, 0.5) is 0 Å². The fourth-order valence-electron chi connectivity index (χ4n) is 3.89. The highest BCUT2D eigenvalue weighted by Crippen LogP contribution is 2.58. The van der Waals surface area contributed by atoms with Crippen LogP contribution in [0.1, 0.15) is 58.8 Å². The molecule has 3 aliphatic rings. The maximum absolute atomic E-state index is 11.4. The number of piperidine rings is 1. The molecule has 3 rings (SSSR count). The second-order valence-electron chi connectivity index (χ2n) is 6.85. The fraction of sp³-hybridized carbons (Fsp3) is 0.929. The average molecular weight is 236 g/mol. The minimum absolute atomic E-state index is 0.0856. The Hall–Kier alpha value is -0.570. The first-order chi connectivity index (χ1) is 8.02. The third-order valence-corrected chi connectivity index (χ3v) is 5.18. The van der Waals surface area contributed by atoms with Gasteiger partial charge >= 0.3 is 0 Å². The maximum Gasteiger partial charge on any atom is 0.220 e. The summed E-state index contributed by atoms with van der Waals surface area (Å²) in [4.78, 5) is 11.4. The normalized spacial score (nSPS) is 38.1. The van der Waals surface area contributed by atoms with Gasteiger partial charge in [0.1, 0.15) is 0 Å². The number of rotatable bonds is 2. The van der Waals surface area contributed by atoms with E-state index in [1.54, 1.807) is 0 Å². The predicted octanol–water partition coefficient (Wildman–Crippen LogP) is 1.97. The zero-order valence-corrected chi connectivity index (χ0v) is 11.0. The lowest BCUT2D eigenvalue weighted by Crippen LogP contribution is -2.61. The lowest BCUT2D eigenvalue weighted by Gasteiger charge is -2.40. The number of nitrogens with one attached hydrogen (secondary N) is 2. The Labute approximate surface area is 104 Å². The van der Waals surface area contributed by atoms with E-state index in [4.69, 9.17) is 0 Å². The van der Waals surface area contributed by atoms with Gasteiger partial charge in [-0.2, -0.15) is 0 Å². The molecule has 2 atom stereocenters. The van der Waals surface area contributed by atoms with Gasteiger partial charge in [0.15, 0.2) is 0 Å². The first kappa shape index (κ1) is 11.5. The minimum Gasteiger partial charge on any atom is -0.350 e. The zero-order chi connectivity index (χ0) is 12.1. The summed E-state index contributed by atoms with van der Waals surface area (Å²) in [5.74, 6) is 0.208. The van der Waals surface area contributed by atoms with Crippen LogP contribution in [-0.2, 0) is 4.79 Å². The molecule has 2 unspecified atom stereocenters. The molecule has 1 spiro atoms. The van der Waals surface area contributed by atoms with E-state index in [0.717, 1.165) is 12.5 Å². The smallest absolute Gasteiger partial charge is 0.220 e. The summed E-state index contributed by atoms with van der Waals surface area (Å²) in [7, 11) is 0. The summed E-state index contributed by atoms with van der Waals surface area (Å²) in [6.45, 7) is 4.29. The van der Waals surface area contributed by atoms with Crippen LogP contribution in [0.5, 0.6) is 0 Å². The van der Waals surface area contributed by atoms with Crippen molar-refractivity contribution in [1.82, 2.24) is 10.6 Å². The molecule has 3 heteroatoms. The molecule has 1 amide bonds. The molecule has 2 aliphatic carbocycles. The lowest BCUT2D eigenvalue weighted by molar-refractivity contribution is -0.125. The molecule has 17 heavy (non-hydrogen) atoms. The van der Waals surface area contributed by atoms with E-state index in [0.29, 0.717) is 17.9 Å². The average Bonchev–Trinajstić information content (AvgIpc) is 2.67. The lowest BCUT2D eigenvalue weighted by atomic mass is 9.86. The molecular weight excluding hydrogens is 212 g/mol. The van der Waals surface area contributed by atoms with Gasteiger partial charge in [0.25, 0.3) is 0 Å². The Morgan fingerprint density at radius 1 is 1.24 bits per heavy atom. The number of carbonyl (C=O) groups excluding carboxylic acids is 1. The highest BCUT2D eigenvalue weighted by Gasteiger charge is 2.56. The Kier molecular flexibility index (Phi) is 2.51. The molecule has 1 aliphatic heterocycles. The molecule has 96 valence electrons. The van der Waals surface area contributed by atoms with E-state index in [1.807, 2.05) is 0 Å². The van der Waals surface area contributed by atoms with Crippen LogP contribution in [0.3, 0.4) is 0 Å². The summed E-state index contributed by atoms with van der Waals surface area (Å²) in [5.41, 5.74) is 0.565. The van der Waals surface area contributed by atoms with E-state index in [9.17, 15) is 4.79 Å². The maximum atomic E-state index is 11.4. The van der Waals surface area contributed by atoms with Crippen molar-refractivity contribution in [2.75, 3.05) is 0 Å². The molecule has 3 fully saturated rings. The summed E-state index contributed by atoms with van der Waals surface area (Å²) in [5, 5.41) is 6.94. The molecule has 0 aromatic rings. The third kappa shape index (κ3) is 1.99. The van der Waals surface area contributed by atoms with Gasteiger partial charge in [-0.3, -0.25) is 4.79 Å². The standard InChI is InChI=1S/C14H24N2O/c1-13(2)10(5-6-12(17)16-13)15-11-9-14(11)7-3-4-8-14/h10-11,15H,3-9H2,1-2H3,(H,16,17). The summed E-state index contributed by atoms with van der Waals surface area (Å²) < 4.78 is 0. The quantitative estimate of drug-likeness (QED) is 0.769. The number of amides is 1. The van der Waals surface area contributed by atoms with Crippen molar-refractivity contribution in [3.05, 3.63) is 0 Å². The first-order valence-corrected chi connectivity index (χ1v) is 7.09. The van der Waals surface area contributed by atoms with Gasteiger partial charge in [-0.1, -0.05) is 12.8 Å². The number of hydrogen-bond acceptors (Lipinski definition) is 2. The van der Waals surface area contributed by atoms with E-state index in [2.05, 4.69) is 24.5 Å². The van der Waals surface area contributed by atoms with E-state index in [1.165, 1.54) is 32.1 Å². The highest BCUT2D eigenvalue weighted by molar-refractivity contribution is 5.77. The molecular formula is C14H24N2O. The number of hydrogen-bond donors (Lipinski definition) is 2. The van der Waals surface area contributed by atoms with Crippen molar-refractivity contribution in [2.45, 2.75) is 76.4 Å². The zero-order valence-electron chi connectivity index (χ0n) is 11.0. The molecule has 0 aromatic carbocycles. The Balaban J connectivity index is 1.60. The molecule has 0 bridgehead atoms. The van der Waals surface area contributed by atoms with E-state index < -0.39 is 0 Å². The van der Waals surface area contributed by atoms with Gasteiger partial charge in [-0.25, -0.2) is 0 Å². The van der Waals surface area contributed by atoms with Crippen LogP contribution >= 0.6 is 0 Å². The van der Waals surface area contributed by atoms with Crippen LogP contribution in [0.25, 0.3) is 0 Å². The Bertz CT molecular complexity index is 331. The van der Waals surface area contributed by atoms with Crippen molar-refractivity contribution in [3.8, 4) is 0 Å². The molecule has 0 aromatic heterocycles. The second kappa shape index (κ2) is 3.71. The van der Waals surface area contributed by atoms with Crippen molar-refractivity contribution in [3.63, 3.8) is 0 Å². The predicted molar refractivity (Wildman–Crippen MR) is 67.7 cm³/mol.